The highest BCUT2D eigenvalue weighted by molar-refractivity contribution is 7.10. The first kappa shape index (κ1) is 10.7. The number of hydrogen-bond donors (Lipinski definition) is 1. The Kier molecular flexibility index (Phi) is 3.45. The number of rotatable bonds is 4. The zero-order valence-electron chi connectivity index (χ0n) is 8.78. The molecule has 0 radical (unpaired) electrons. The first-order valence-corrected chi connectivity index (χ1v) is 6.57. The van der Waals surface area contributed by atoms with Crippen LogP contribution in [0.15, 0.2) is 10.8 Å². The van der Waals surface area contributed by atoms with E-state index in [0.29, 0.717) is 0 Å². The molecule has 2 rings (SSSR count). The van der Waals surface area contributed by atoms with Gasteiger partial charge in [-0.05, 0) is 14.0 Å². The highest BCUT2D eigenvalue weighted by Crippen LogP contribution is 2.23. The van der Waals surface area contributed by atoms with Gasteiger partial charge >= 0.3 is 0 Å². The van der Waals surface area contributed by atoms with Crippen LogP contribution in [-0.2, 0) is 6.42 Å². The second-order valence-corrected chi connectivity index (χ2v) is 5.24. The summed E-state index contributed by atoms with van der Waals surface area (Å²) in [6.07, 6.45) is 0.990. The van der Waals surface area contributed by atoms with E-state index in [2.05, 4.69) is 26.0 Å². The molecule has 0 aliphatic heterocycles. The van der Waals surface area contributed by atoms with Crippen LogP contribution in [-0.4, -0.2) is 23.6 Å². The minimum Gasteiger partial charge on any atom is -0.319 e. The van der Waals surface area contributed by atoms with Crippen molar-refractivity contribution in [3.05, 3.63) is 20.8 Å². The average molecular weight is 239 g/mol. The van der Waals surface area contributed by atoms with Gasteiger partial charge in [0, 0.05) is 23.7 Å². The monoisotopic (exact) mass is 239 g/mol. The fourth-order valence-corrected chi connectivity index (χ4v) is 2.66. The second kappa shape index (κ2) is 4.83. The van der Waals surface area contributed by atoms with Crippen LogP contribution in [0.3, 0.4) is 0 Å². The minimum absolute atomic E-state index is 0.975. The molecule has 0 aromatic carbocycles. The largest absolute Gasteiger partial charge is 0.319 e. The summed E-state index contributed by atoms with van der Waals surface area (Å²) in [6.45, 7) is 2.99. The number of aromatic nitrogens is 2. The number of nitrogens with one attached hydrogen (secondary N) is 1. The summed E-state index contributed by atoms with van der Waals surface area (Å²) in [4.78, 5) is 8.98. The van der Waals surface area contributed by atoms with Crippen molar-refractivity contribution >= 4 is 22.7 Å². The molecule has 0 spiro atoms. The van der Waals surface area contributed by atoms with Crippen molar-refractivity contribution in [2.45, 2.75) is 13.3 Å². The summed E-state index contributed by atoms with van der Waals surface area (Å²) in [7, 11) is 1.96. The van der Waals surface area contributed by atoms with Crippen LogP contribution in [0.25, 0.3) is 11.4 Å². The van der Waals surface area contributed by atoms with E-state index in [9.17, 15) is 0 Å². The molecule has 80 valence electrons. The summed E-state index contributed by atoms with van der Waals surface area (Å²) >= 11 is 3.37. The Morgan fingerprint density at radius 2 is 1.93 bits per heavy atom. The van der Waals surface area contributed by atoms with Crippen molar-refractivity contribution in [2.24, 2.45) is 0 Å². The lowest BCUT2D eigenvalue weighted by Gasteiger charge is -1.93. The minimum atomic E-state index is 0.975. The Morgan fingerprint density at radius 1 is 1.20 bits per heavy atom. The van der Waals surface area contributed by atoms with Crippen LogP contribution < -0.4 is 5.32 Å². The third kappa shape index (κ3) is 2.62. The molecule has 0 fully saturated rings. The molecular formula is C10H13N3S2. The zero-order valence-corrected chi connectivity index (χ0v) is 10.4. The lowest BCUT2D eigenvalue weighted by atomic mass is 10.4. The van der Waals surface area contributed by atoms with Gasteiger partial charge in [0.25, 0.3) is 0 Å². The molecule has 2 aromatic heterocycles. The number of aryl methyl sites for hydroxylation is 1. The number of hydrogen-bond acceptors (Lipinski definition) is 5. The van der Waals surface area contributed by atoms with Crippen LogP contribution in [0, 0.1) is 6.92 Å². The van der Waals surface area contributed by atoms with Crippen LogP contribution in [0.5, 0.6) is 0 Å². The highest BCUT2D eigenvalue weighted by Gasteiger charge is 2.06. The van der Waals surface area contributed by atoms with E-state index in [-0.39, 0.29) is 0 Å². The number of nitrogens with zero attached hydrogens (tertiary/aromatic N) is 2. The summed E-state index contributed by atoms with van der Waals surface area (Å²) in [6, 6.07) is 0. The molecule has 3 nitrogen and oxygen atoms in total. The van der Waals surface area contributed by atoms with Crippen molar-refractivity contribution in [3.8, 4) is 11.4 Å². The predicted molar refractivity (Wildman–Crippen MR) is 65.6 cm³/mol. The third-order valence-corrected chi connectivity index (χ3v) is 3.70. The Balaban J connectivity index is 2.13. The average Bonchev–Trinajstić information content (AvgIpc) is 2.83. The SMILES string of the molecule is CNCCc1nc(-c2csc(C)n2)cs1. The third-order valence-electron chi connectivity index (χ3n) is 2.02. The van der Waals surface area contributed by atoms with E-state index in [1.54, 1.807) is 22.7 Å². The van der Waals surface area contributed by atoms with Gasteiger partial charge in [-0.25, -0.2) is 9.97 Å². The smallest absolute Gasteiger partial charge is 0.101 e. The first-order valence-electron chi connectivity index (χ1n) is 4.81. The van der Waals surface area contributed by atoms with E-state index in [4.69, 9.17) is 0 Å². The van der Waals surface area contributed by atoms with Crippen molar-refractivity contribution in [1.29, 1.82) is 0 Å². The molecule has 15 heavy (non-hydrogen) atoms. The van der Waals surface area contributed by atoms with Crippen molar-refractivity contribution in [2.75, 3.05) is 13.6 Å². The van der Waals surface area contributed by atoms with Gasteiger partial charge in [-0.3, -0.25) is 0 Å². The van der Waals surface area contributed by atoms with E-state index in [1.807, 2.05) is 14.0 Å². The Morgan fingerprint density at radius 3 is 2.60 bits per heavy atom. The lowest BCUT2D eigenvalue weighted by molar-refractivity contribution is 0.788. The number of thiazole rings is 2. The molecule has 2 aromatic rings. The van der Waals surface area contributed by atoms with Crippen molar-refractivity contribution < 1.29 is 0 Å². The molecule has 0 amide bonds. The van der Waals surface area contributed by atoms with Gasteiger partial charge in [0.1, 0.15) is 11.4 Å². The normalized spacial score (nSPS) is 10.8. The molecule has 0 bridgehead atoms. The van der Waals surface area contributed by atoms with Crippen LogP contribution in [0.1, 0.15) is 10.0 Å². The Labute approximate surface area is 97.2 Å². The summed E-state index contributed by atoms with van der Waals surface area (Å²) in [5.74, 6) is 0. The van der Waals surface area contributed by atoms with Gasteiger partial charge in [-0.2, -0.15) is 0 Å². The van der Waals surface area contributed by atoms with Crippen LogP contribution in [0.4, 0.5) is 0 Å². The molecule has 1 N–H and O–H groups in total. The predicted octanol–water partition coefficient (Wildman–Crippen LogP) is 2.34. The maximum absolute atomic E-state index is 4.55. The van der Waals surface area contributed by atoms with Crippen LogP contribution >= 0.6 is 22.7 Å². The Hall–Kier alpha value is -0.780. The first-order chi connectivity index (χ1) is 7.29. The molecule has 0 aliphatic carbocycles. The molecule has 0 unspecified atom stereocenters. The standard InChI is InChI=1S/C10H13N3S2/c1-7-12-8(5-14-7)9-6-15-10(13-9)3-4-11-2/h5-6,11H,3-4H2,1-2H3. The molecule has 0 atom stereocenters. The van der Waals surface area contributed by atoms with Crippen LogP contribution in [0.2, 0.25) is 0 Å². The summed E-state index contributed by atoms with van der Waals surface area (Å²) in [5, 5.41) is 9.53. The summed E-state index contributed by atoms with van der Waals surface area (Å²) < 4.78 is 0. The zero-order chi connectivity index (χ0) is 10.7. The van der Waals surface area contributed by atoms with E-state index < -0.39 is 0 Å². The topological polar surface area (TPSA) is 37.8 Å². The van der Waals surface area contributed by atoms with E-state index >= 15 is 0 Å². The number of likely N-dealkylation sites (N-methyl/N-ethyl adjacent to an activating group) is 1. The van der Waals surface area contributed by atoms with Gasteiger partial charge in [-0.15, -0.1) is 22.7 Å². The van der Waals surface area contributed by atoms with E-state index in [1.165, 1.54) is 5.01 Å². The fourth-order valence-electron chi connectivity index (χ4n) is 1.26. The van der Waals surface area contributed by atoms with Gasteiger partial charge in [0.05, 0.1) is 10.0 Å². The maximum atomic E-state index is 4.55. The summed E-state index contributed by atoms with van der Waals surface area (Å²) in [5.41, 5.74) is 2.01. The molecule has 0 aliphatic rings. The quantitative estimate of drug-likeness (QED) is 0.890. The lowest BCUT2D eigenvalue weighted by Crippen LogP contribution is -2.09. The van der Waals surface area contributed by atoms with Gasteiger partial charge < -0.3 is 5.32 Å². The van der Waals surface area contributed by atoms with Gasteiger partial charge in [0.2, 0.25) is 0 Å². The van der Waals surface area contributed by atoms with Gasteiger partial charge in [0.15, 0.2) is 0 Å². The van der Waals surface area contributed by atoms with Gasteiger partial charge in [-0.1, -0.05) is 0 Å². The molecule has 2 heterocycles. The fraction of sp³-hybridized carbons (Fsp3) is 0.400. The maximum Gasteiger partial charge on any atom is 0.101 e. The molecule has 0 saturated heterocycles. The van der Waals surface area contributed by atoms with E-state index in [0.717, 1.165) is 29.4 Å². The van der Waals surface area contributed by atoms with Crippen molar-refractivity contribution in [1.82, 2.24) is 15.3 Å². The Bertz CT molecular complexity index is 433. The van der Waals surface area contributed by atoms with Crippen molar-refractivity contribution in [3.63, 3.8) is 0 Å². The molecule has 0 saturated carbocycles. The molecular weight excluding hydrogens is 226 g/mol. The molecule has 5 heteroatoms. The highest BCUT2D eigenvalue weighted by atomic mass is 32.1. The second-order valence-electron chi connectivity index (χ2n) is 3.23.